The van der Waals surface area contributed by atoms with Crippen molar-refractivity contribution in [2.24, 2.45) is 0 Å². The molecule has 1 fully saturated rings. The Labute approximate surface area is 131 Å². The second-order valence-corrected chi connectivity index (χ2v) is 7.99. The van der Waals surface area contributed by atoms with Gasteiger partial charge in [0.05, 0.1) is 6.42 Å². The predicted molar refractivity (Wildman–Crippen MR) is 86.8 cm³/mol. The van der Waals surface area contributed by atoms with Crippen molar-refractivity contribution in [1.29, 1.82) is 0 Å². The molecule has 6 heteroatoms. The van der Waals surface area contributed by atoms with Gasteiger partial charge in [-0.2, -0.15) is 11.8 Å². The molecular formula is C15H28N2O3S. The highest BCUT2D eigenvalue weighted by Crippen LogP contribution is 2.39. The largest absolute Gasteiger partial charge is 0.481 e. The average Bonchev–Trinajstić information content (AvgIpc) is 2.84. The number of rotatable bonds is 6. The fraction of sp³-hybridized carbons (Fsp3) is 0.867. The molecule has 122 valence electrons. The number of carbonyl (C=O) groups is 2. The number of hydrogen-bond acceptors (Lipinski definition) is 3. The molecule has 21 heavy (non-hydrogen) atoms. The Bertz CT molecular complexity index is 374. The van der Waals surface area contributed by atoms with Gasteiger partial charge in [0.2, 0.25) is 0 Å². The first-order chi connectivity index (χ1) is 9.70. The molecule has 0 aromatic carbocycles. The Hall–Kier alpha value is -0.910. The van der Waals surface area contributed by atoms with Crippen LogP contribution in [0.25, 0.3) is 0 Å². The summed E-state index contributed by atoms with van der Waals surface area (Å²) < 4.78 is 0.159. The molecular weight excluding hydrogens is 288 g/mol. The van der Waals surface area contributed by atoms with Crippen molar-refractivity contribution in [2.45, 2.75) is 63.2 Å². The van der Waals surface area contributed by atoms with E-state index in [0.717, 1.165) is 12.8 Å². The van der Waals surface area contributed by atoms with E-state index in [1.54, 1.807) is 4.90 Å². The first kappa shape index (κ1) is 18.1. The summed E-state index contributed by atoms with van der Waals surface area (Å²) in [5.41, 5.74) is -0.387. The number of nitrogens with zero attached hydrogens (tertiary/aromatic N) is 1. The van der Waals surface area contributed by atoms with Crippen LogP contribution in [-0.2, 0) is 4.79 Å². The van der Waals surface area contributed by atoms with E-state index in [1.807, 2.05) is 32.5 Å². The lowest BCUT2D eigenvalue weighted by Gasteiger charge is -2.37. The summed E-state index contributed by atoms with van der Waals surface area (Å²) in [5.74, 6) is -0.881. The number of carboxylic acid groups (broad SMARTS) is 1. The number of thioether (sulfide) groups is 1. The zero-order valence-corrected chi connectivity index (χ0v) is 14.4. The molecule has 1 rings (SSSR count). The Morgan fingerprint density at radius 3 is 2.29 bits per heavy atom. The van der Waals surface area contributed by atoms with Crippen LogP contribution in [0.15, 0.2) is 0 Å². The van der Waals surface area contributed by atoms with Crippen LogP contribution in [0, 0.1) is 0 Å². The van der Waals surface area contributed by atoms with Crippen molar-refractivity contribution in [3.8, 4) is 0 Å². The predicted octanol–water partition coefficient (Wildman–Crippen LogP) is 2.95. The fourth-order valence-corrected chi connectivity index (χ4v) is 3.67. The molecule has 0 aromatic heterocycles. The van der Waals surface area contributed by atoms with Gasteiger partial charge in [0, 0.05) is 23.4 Å². The Kier molecular flexibility index (Phi) is 6.38. The quantitative estimate of drug-likeness (QED) is 0.790. The number of carboxylic acids is 1. The fourth-order valence-electron chi connectivity index (χ4n) is 2.75. The molecule has 2 amide bonds. The van der Waals surface area contributed by atoms with Crippen LogP contribution in [0.4, 0.5) is 4.79 Å². The monoisotopic (exact) mass is 316 g/mol. The van der Waals surface area contributed by atoms with Crippen molar-refractivity contribution >= 4 is 23.8 Å². The summed E-state index contributed by atoms with van der Waals surface area (Å²) in [6.45, 7) is 6.67. The highest BCUT2D eigenvalue weighted by Gasteiger charge is 2.34. The third kappa shape index (κ3) is 5.41. The molecule has 1 aliphatic carbocycles. The number of hydrogen-bond donors (Lipinski definition) is 2. The van der Waals surface area contributed by atoms with Gasteiger partial charge in [0.15, 0.2) is 0 Å². The van der Waals surface area contributed by atoms with Crippen LogP contribution in [0.2, 0.25) is 0 Å². The standard InChI is InChI=1S/C15H28N2O3S/c1-14(2,3)17(10-7-12(18)19)13(20)16-11-15(21-4)8-5-6-9-15/h5-11H2,1-4H3,(H,16,20)(H,18,19). The third-order valence-corrected chi connectivity index (χ3v) is 5.53. The molecule has 0 bridgehead atoms. The van der Waals surface area contributed by atoms with Crippen LogP contribution in [0.5, 0.6) is 0 Å². The molecule has 1 aliphatic rings. The average molecular weight is 316 g/mol. The van der Waals surface area contributed by atoms with E-state index in [-0.39, 0.29) is 29.3 Å². The van der Waals surface area contributed by atoms with E-state index in [9.17, 15) is 9.59 Å². The SMILES string of the molecule is CSC1(CNC(=O)N(CCC(=O)O)C(C)(C)C)CCCC1. The lowest BCUT2D eigenvalue weighted by atomic mass is 10.1. The van der Waals surface area contributed by atoms with Gasteiger partial charge in [-0.1, -0.05) is 12.8 Å². The Morgan fingerprint density at radius 2 is 1.86 bits per heavy atom. The summed E-state index contributed by atoms with van der Waals surface area (Å²) in [6, 6.07) is -0.163. The Morgan fingerprint density at radius 1 is 1.29 bits per heavy atom. The highest BCUT2D eigenvalue weighted by molar-refractivity contribution is 8.00. The van der Waals surface area contributed by atoms with Gasteiger partial charge in [0.1, 0.15) is 0 Å². The van der Waals surface area contributed by atoms with Crippen molar-refractivity contribution in [2.75, 3.05) is 19.3 Å². The molecule has 0 aromatic rings. The van der Waals surface area contributed by atoms with Gasteiger partial charge in [-0.25, -0.2) is 4.79 Å². The van der Waals surface area contributed by atoms with Gasteiger partial charge < -0.3 is 15.3 Å². The maximum Gasteiger partial charge on any atom is 0.317 e. The molecule has 0 saturated heterocycles. The van der Waals surface area contributed by atoms with Crippen molar-refractivity contribution < 1.29 is 14.7 Å². The molecule has 5 nitrogen and oxygen atoms in total. The summed E-state index contributed by atoms with van der Waals surface area (Å²) in [4.78, 5) is 24.8. The number of nitrogens with one attached hydrogen (secondary N) is 1. The number of carbonyl (C=O) groups excluding carboxylic acids is 1. The van der Waals surface area contributed by atoms with Crippen LogP contribution in [0.3, 0.4) is 0 Å². The first-order valence-electron chi connectivity index (χ1n) is 7.53. The van der Waals surface area contributed by atoms with Gasteiger partial charge in [-0.3, -0.25) is 4.79 Å². The maximum atomic E-state index is 12.4. The van der Waals surface area contributed by atoms with E-state index in [2.05, 4.69) is 11.6 Å². The number of amides is 2. The van der Waals surface area contributed by atoms with Crippen LogP contribution >= 0.6 is 11.8 Å². The smallest absolute Gasteiger partial charge is 0.317 e. The molecule has 0 spiro atoms. The lowest BCUT2D eigenvalue weighted by molar-refractivity contribution is -0.137. The molecule has 0 aliphatic heterocycles. The van der Waals surface area contributed by atoms with E-state index in [0.29, 0.717) is 6.54 Å². The van der Waals surface area contributed by atoms with E-state index in [1.165, 1.54) is 12.8 Å². The Balaban J connectivity index is 2.61. The van der Waals surface area contributed by atoms with Gasteiger partial charge >= 0.3 is 12.0 Å². The summed E-state index contributed by atoms with van der Waals surface area (Å²) in [6.07, 6.45) is 6.79. The highest BCUT2D eigenvalue weighted by atomic mass is 32.2. The number of urea groups is 1. The molecule has 1 saturated carbocycles. The summed E-state index contributed by atoms with van der Waals surface area (Å²) in [5, 5.41) is 11.8. The molecule has 0 radical (unpaired) electrons. The van der Waals surface area contributed by atoms with E-state index >= 15 is 0 Å². The third-order valence-electron chi connectivity index (χ3n) is 4.11. The molecule has 0 heterocycles. The molecule has 2 N–H and O–H groups in total. The second kappa shape index (κ2) is 7.38. The summed E-state index contributed by atoms with van der Waals surface area (Å²) >= 11 is 1.83. The topological polar surface area (TPSA) is 69.6 Å². The molecule has 0 unspecified atom stereocenters. The zero-order valence-electron chi connectivity index (χ0n) is 13.6. The minimum atomic E-state index is -0.881. The van der Waals surface area contributed by atoms with E-state index < -0.39 is 5.97 Å². The zero-order chi connectivity index (χ0) is 16.1. The first-order valence-corrected chi connectivity index (χ1v) is 8.75. The lowest BCUT2D eigenvalue weighted by Crippen LogP contribution is -2.53. The maximum absolute atomic E-state index is 12.4. The second-order valence-electron chi connectivity index (χ2n) is 6.72. The summed E-state index contributed by atoms with van der Waals surface area (Å²) in [7, 11) is 0. The van der Waals surface area contributed by atoms with Crippen LogP contribution in [-0.4, -0.2) is 51.6 Å². The number of aliphatic carboxylic acids is 1. The van der Waals surface area contributed by atoms with Crippen LogP contribution in [0.1, 0.15) is 52.9 Å². The van der Waals surface area contributed by atoms with Crippen molar-refractivity contribution in [3.05, 3.63) is 0 Å². The van der Waals surface area contributed by atoms with Crippen LogP contribution < -0.4 is 5.32 Å². The van der Waals surface area contributed by atoms with Crippen molar-refractivity contribution in [3.63, 3.8) is 0 Å². The molecule has 0 atom stereocenters. The van der Waals surface area contributed by atoms with E-state index in [4.69, 9.17) is 5.11 Å². The normalized spacial score (nSPS) is 17.5. The minimum absolute atomic E-state index is 0.0294. The van der Waals surface area contributed by atoms with Gasteiger partial charge in [-0.05, 0) is 39.9 Å². The van der Waals surface area contributed by atoms with Gasteiger partial charge in [-0.15, -0.1) is 0 Å². The van der Waals surface area contributed by atoms with Crippen molar-refractivity contribution in [1.82, 2.24) is 10.2 Å². The van der Waals surface area contributed by atoms with Gasteiger partial charge in [0.25, 0.3) is 0 Å². The minimum Gasteiger partial charge on any atom is -0.481 e.